The summed E-state index contributed by atoms with van der Waals surface area (Å²) in [7, 11) is 0. The van der Waals surface area contributed by atoms with Crippen LogP contribution in [-0.2, 0) is 0 Å². The zero-order chi connectivity index (χ0) is 13.1. The van der Waals surface area contributed by atoms with E-state index in [4.69, 9.17) is 0 Å². The van der Waals surface area contributed by atoms with Gasteiger partial charge < -0.3 is 0 Å². The molecule has 2 rings (SSSR count). The molecule has 0 spiro atoms. The van der Waals surface area contributed by atoms with Crippen molar-refractivity contribution in [3.05, 3.63) is 63.9 Å². The molecule has 0 saturated heterocycles. The molecule has 0 aliphatic heterocycles. The molecular weight excluding hydrogens is 300 g/mol. The molecule has 92 valence electrons. The molecule has 0 amide bonds. The highest BCUT2D eigenvalue weighted by molar-refractivity contribution is 9.10. The van der Waals surface area contributed by atoms with Crippen LogP contribution in [0.3, 0.4) is 0 Å². The predicted octanol–water partition coefficient (Wildman–Crippen LogP) is 4.68. The van der Waals surface area contributed by atoms with E-state index in [1.54, 1.807) is 25.4 Å². The topological polar surface area (TPSA) is 12.9 Å². The predicted molar refractivity (Wildman–Crippen MR) is 71.8 cm³/mol. The summed E-state index contributed by atoms with van der Waals surface area (Å²) < 4.78 is 27.5. The summed E-state index contributed by atoms with van der Waals surface area (Å²) in [5, 5.41) is 0. The first-order valence-electron chi connectivity index (χ1n) is 5.30. The lowest BCUT2D eigenvalue weighted by atomic mass is 10.0. The molecule has 2 aromatic rings. The van der Waals surface area contributed by atoms with Crippen molar-refractivity contribution >= 4 is 27.6 Å². The summed E-state index contributed by atoms with van der Waals surface area (Å²) in [5.74, 6) is -0.889. The molecule has 0 aliphatic carbocycles. The van der Waals surface area contributed by atoms with Crippen LogP contribution in [0.4, 0.5) is 8.78 Å². The Morgan fingerprint density at radius 2 is 2.00 bits per heavy atom. The maximum Gasteiger partial charge on any atom is 0.130 e. The van der Waals surface area contributed by atoms with Crippen molar-refractivity contribution < 1.29 is 8.78 Å². The van der Waals surface area contributed by atoms with Crippen molar-refractivity contribution in [3.63, 3.8) is 0 Å². The van der Waals surface area contributed by atoms with Gasteiger partial charge in [-0.2, -0.15) is 0 Å². The molecule has 18 heavy (non-hydrogen) atoms. The average molecular weight is 310 g/mol. The maximum absolute atomic E-state index is 13.6. The van der Waals surface area contributed by atoms with Crippen LogP contribution in [-0.4, -0.2) is 4.98 Å². The third kappa shape index (κ3) is 3.01. The lowest BCUT2D eigenvalue weighted by molar-refractivity contribution is 0.597. The summed E-state index contributed by atoms with van der Waals surface area (Å²) in [4.78, 5) is 4.01. The van der Waals surface area contributed by atoms with Gasteiger partial charge in [-0.1, -0.05) is 0 Å². The van der Waals surface area contributed by atoms with E-state index in [1.165, 1.54) is 6.07 Å². The molecule has 0 aliphatic rings. The van der Waals surface area contributed by atoms with E-state index in [2.05, 4.69) is 20.9 Å². The summed E-state index contributed by atoms with van der Waals surface area (Å²) in [6.07, 6.45) is 5.08. The van der Waals surface area contributed by atoms with E-state index in [0.717, 1.165) is 22.2 Å². The third-order valence-corrected chi connectivity index (χ3v) is 2.90. The third-order valence-electron chi connectivity index (χ3n) is 2.46. The number of pyridine rings is 1. The summed E-state index contributed by atoms with van der Waals surface area (Å²) in [6, 6.07) is 5.27. The molecular formula is C14H10BrF2N. The minimum atomic E-state index is -0.452. The number of rotatable bonds is 2. The SMILES string of the molecule is CC(=Cc1cncc(Br)c1)c1cc(F)ccc1F. The fraction of sp³-hybridized carbons (Fsp3) is 0.0714. The number of nitrogens with zero attached hydrogens (tertiary/aromatic N) is 1. The molecule has 0 saturated carbocycles. The van der Waals surface area contributed by atoms with Crippen LogP contribution >= 0.6 is 15.9 Å². The molecule has 0 atom stereocenters. The van der Waals surface area contributed by atoms with Crippen molar-refractivity contribution in [1.29, 1.82) is 0 Å². The fourth-order valence-corrected chi connectivity index (χ4v) is 2.02. The van der Waals surface area contributed by atoms with Crippen LogP contribution in [0.5, 0.6) is 0 Å². The van der Waals surface area contributed by atoms with Crippen LogP contribution in [0.2, 0.25) is 0 Å². The Balaban J connectivity index is 2.41. The number of halogens is 3. The Kier molecular flexibility index (Phi) is 3.87. The number of hydrogen-bond acceptors (Lipinski definition) is 1. The number of allylic oxidation sites excluding steroid dienone is 1. The fourth-order valence-electron chi connectivity index (χ4n) is 1.63. The van der Waals surface area contributed by atoms with E-state index in [-0.39, 0.29) is 5.56 Å². The minimum absolute atomic E-state index is 0.259. The highest BCUT2D eigenvalue weighted by atomic mass is 79.9. The standard InChI is InChI=1S/C14H10BrF2N/c1-9(4-10-5-11(15)8-18-7-10)13-6-12(16)2-3-14(13)17/h2-8H,1H3. The summed E-state index contributed by atoms with van der Waals surface area (Å²) in [5.41, 5.74) is 1.73. The molecule has 1 nitrogen and oxygen atoms in total. The normalized spacial score (nSPS) is 11.7. The van der Waals surface area contributed by atoms with Gasteiger partial charge in [0.05, 0.1) is 0 Å². The number of benzene rings is 1. The Morgan fingerprint density at radius 3 is 2.72 bits per heavy atom. The first-order chi connectivity index (χ1) is 8.56. The van der Waals surface area contributed by atoms with Crippen LogP contribution < -0.4 is 0 Å². The summed E-state index contributed by atoms with van der Waals surface area (Å²) in [6.45, 7) is 1.73. The smallest absolute Gasteiger partial charge is 0.130 e. The van der Waals surface area contributed by atoms with E-state index in [0.29, 0.717) is 5.57 Å². The molecule has 4 heteroatoms. The molecule has 0 bridgehead atoms. The van der Waals surface area contributed by atoms with Gasteiger partial charge in [0, 0.05) is 22.4 Å². The van der Waals surface area contributed by atoms with Gasteiger partial charge >= 0.3 is 0 Å². The first-order valence-corrected chi connectivity index (χ1v) is 6.10. The van der Waals surface area contributed by atoms with Gasteiger partial charge in [0.15, 0.2) is 0 Å². The monoisotopic (exact) mass is 309 g/mol. The molecule has 1 aromatic carbocycles. The largest absolute Gasteiger partial charge is 0.263 e. The van der Waals surface area contributed by atoms with Gasteiger partial charge in [-0.25, -0.2) is 8.78 Å². The van der Waals surface area contributed by atoms with E-state index < -0.39 is 11.6 Å². The second kappa shape index (κ2) is 5.40. The molecule has 1 aromatic heterocycles. The van der Waals surface area contributed by atoms with Crippen molar-refractivity contribution in [2.24, 2.45) is 0 Å². The van der Waals surface area contributed by atoms with Gasteiger partial charge in [-0.05, 0) is 64.3 Å². The molecule has 1 heterocycles. The lowest BCUT2D eigenvalue weighted by Crippen LogP contribution is -1.89. The quantitative estimate of drug-likeness (QED) is 0.784. The van der Waals surface area contributed by atoms with Crippen molar-refractivity contribution in [2.75, 3.05) is 0 Å². The van der Waals surface area contributed by atoms with Gasteiger partial charge in [0.25, 0.3) is 0 Å². The Morgan fingerprint density at radius 1 is 1.22 bits per heavy atom. The zero-order valence-corrected chi connectivity index (χ0v) is 11.2. The number of aromatic nitrogens is 1. The van der Waals surface area contributed by atoms with Crippen molar-refractivity contribution in [3.8, 4) is 0 Å². The van der Waals surface area contributed by atoms with Crippen molar-refractivity contribution in [1.82, 2.24) is 4.98 Å². The molecule has 0 N–H and O–H groups in total. The van der Waals surface area contributed by atoms with Gasteiger partial charge in [0.2, 0.25) is 0 Å². The Bertz CT molecular complexity index is 608. The summed E-state index contributed by atoms with van der Waals surface area (Å²) >= 11 is 3.31. The molecule has 0 radical (unpaired) electrons. The maximum atomic E-state index is 13.6. The minimum Gasteiger partial charge on any atom is -0.263 e. The van der Waals surface area contributed by atoms with Crippen LogP contribution in [0.15, 0.2) is 41.1 Å². The van der Waals surface area contributed by atoms with Gasteiger partial charge in [-0.15, -0.1) is 0 Å². The Hall–Kier alpha value is -1.55. The average Bonchev–Trinajstić information content (AvgIpc) is 2.32. The van der Waals surface area contributed by atoms with E-state index in [9.17, 15) is 8.78 Å². The molecule has 0 fully saturated rings. The second-order valence-corrected chi connectivity index (χ2v) is 4.80. The lowest BCUT2D eigenvalue weighted by Gasteiger charge is -2.04. The van der Waals surface area contributed by atoms with Gasteiger partial charge in [-0.3, -0.25) is 4.98 Å². The van der Waals surface area contributed by atoms with Crippen molar-refractivity contribution in [2.45, 2.75) is 6.92 Å². The zero-order valence-electron chi connectivity index (χ0n) is 9.62. The molecule has 0 unspecified atom stereocenters. The first kappa shape index (κ1) is 12.9. The highest BCUT2D eigenvalue weighted by Gasteiger charge is 2.05. The second-order valence-electron chi connectivity index (χ2n) is 3.89. The van der Waals surface area contributed by atoms with E-state index in [1.807, 2.05) is 6.07 Å². The van der Waals surface area contributed by atoms with Crippen LogP contribution in [0, 0.1) is 11.6 Å². The highest BCUT2D eigenvalue weighted by Crippen LogP contribution is 2.22. The van der Waals surface area contributed by atoms with Crippen LogP contribution in [0.25, 0.3) is 11.6 Å². The Labute approximate surface area is 112 Å². The van der Waals surface area contributed by atoms with Crippen LogP contribution in [0.1, 0.15) is 18.1 Å². The van der Waals surface area contributed by atoms with E-state index >= 15 is 0 Å². The van der Waals surface area contributed by atoms with Gasteiger partial charge in [0.1, 0.15) is 11.6 Å². The number of hydrogen-bond donors (Lipinski definition) is 0.